The molecular weight excluding hydrogens is 334 g/mol. The fourth-order valence-corrected chi connectivity index (χ4v) is 3.02. The lowest BCUT2D eigenvalue weighted by Crippen LogP contribution is -2.33. The average Bonchev–Trinajstić information content (AvgIpc) is 3.01. The van der Waals surface area contributed by atoms with Crippen LogP contribution < -0.4 is 0 Å². The van der Waals surface area contributed by atoms with Crippen LogP contribution in [-0.4, -0.2) is 61.3 Å². The fourth-order valence-electron chi connectivity index (χ4n) is 3.02. The number of aryl methyl sites for hydroxylation is 1. The lowest BCUT2D eigenvalue weighted by atomic mass is 10.1. The molecule has 0 aliphatic carbocycles. The Labute approximate surface area is 152 Å². The van der Waals surface area contributed by atoms with Gasteiger partial charge in [0.05, 0.1) is 30.0 Å². The zero-order chi connectivity index (χ0) is 18.8. The van der Waals surface area contributed by atoms with Crippen molar-refractivity contribution in [1.29, 1.82) is 0 Å². The number of hydrogen-bond donors (Lipinski definition) is 2. The SMILES string of the molecule is Cc1ccc(O)c(CN2CCn3nc([C@H](O)CC(=O)N(C)C)cc3C2)n1. The van der Waals surface area contributed by atoms with E-state index in [1.807, 2.05) is 17.7 Å². The molecule has 26 heavy (non-hydrogen) atoms. The van der Waals surface area contributed by atoms with Crippen LogP contribution in [0.15, 0.2) is 18.2 Å². The number of aromatic nitrogens is 3. The highest BCUT2D eigenvalue weighted by atomic mass is 16.3. The van der Waals surface area contributed by atoms with Crippen molar-refractivity contribution in [3.63, 3.8) is 0 Å². The first-order chi connectivity index (χ1) is 12.3. The van der Waals surface area contributed by atoms with Gasteiger partial charge >= 0.3 is 0 Å². The number of rotatable bonds is 5. The van der Waals surface area contributed by atoms with E-state index in [1.54, 1.807) is 26.2 Å². The minimum atomic E-state index is -0.904. The Hall–Kier alpha value is -2.45. The van der Waals surface area contributed by atoms with Crippen molar-refractivity contribution in [3.05, 3.63) is 41.0 Å². The van der Waals surface area contributed by atoms with Crippen LogP contribution in [0.4, 0.5) is 0 Å². The number of carbonyl (C=O) groups is 1. The smallest absolute Gasteiger partial charge is 0.225 e. The normalized spacial score (nSPS) is 15.5. The van der Waals surface area contributed by atoms with E-state index < -0.39 is 6.10 Å². The molecule has 0 fully saturated rings. The summed E-state index contributed by atoms with van der Waals surface area (Å²) >= 11 is 0. The largest absolute Gasteiger partial charge is 0.506 e. The molecule has 1 aliphatic rings. The van der Waals surface area contributed by atoms with E-state index in [4.69, 9.17) is 0 Å². The van der Waals surface area contributed by atoms with E-state index in [2.05, 4.69) is 15.0 Å². The van der Waals surface area contributed by atoms with Crippen LogP contribution in [0.25, 0.3) is 0 Å². The predicted octanol–water partition coefficient (Wildman–Crippen LogP) is 0.820. The molecule has 2 aromatic rings. The highest BCUT2D eigenvalue weighted by Crippen LogP contribution is 2.23. The quantitative estimate of drug-likeness (QED) is 0.821. The van der Waals surface area contributed by atoms with Crippen LogP contribution in [0.2, 0.25) is 0 Å². The molecule has 8 heteroatoms. The van der Waals surface area contributed by atoms with Crippen LogP contribution in [0.1, 0.15) is 35.3 Å². The molecule has 1 atom stereocenters. The minimum absolute atomic E-state index is 0.0221. The number of aliphatic hydroxyl groups excluding tert-OH is 1. The van der Waals surface area contributed by atoms with Crippen molar-refractivity contribution in [2.75, 3.05) is 20.6 Å². The van der Waals surface area contributed by atoms with E-state index in [1.165, 1.54) is 4.90 Å². The summed E-state index contributed by atoms with van der Waals surface area (Å²) in [6, 6.07) is 5.30. The van der Waals surface area contributed by atoms with Crippen LogP contribution in [0.5, 0.6) is 5.75 Å². The second kappa shape index (κ2) is 7.43. The minimum Gasteiger partial charge on any atom is -0.506 e. The third-order valence-electron chi connectivity index (χ3n) is 4.57. The third-order valence-corrected chi connectivity index (χ3v) is 4.57. The molecule has 1 aliphatic heterocycles. The Morgan fingerprint density at radius 1 is 1.35 bits per heavy atom. The second-order valence-corrected chi connectivity index (χ2v) is 6.92. The molecule has 3 rings (SSSR count). The van der Waals surface area contributed by atoms with E-state index >= 15 is 0 Å². The molecule has 3 heterocycles. The number of hydrogen-bond acceptors (Lipinski definition) is 6. The Balaban J connectivity index is 1.68. The summed E-state index contributed by atoms with van der Waals surface area (Å²) in [6.07, 6.45) is -0.882. The van der Waals surface area contributed by atoms with Crippen LogP contribution >= 0.6 is 0 Å². The molecule has 0 aromatic carbocycles. The van der Waals surface area contributed by atoms with Gasteiger partial charge in [-0.3, -0.25) is 19.4 Å². The van der Waals surface area contributed by atoms with Gasteiger partial charge < -0.3 is 15.1 Å². The summed E-state index contributed by atoms with van der Waals surface area (Å²) in [5.74, 6) is 0.0686. The lowest BCUT2D eigenvalue weighted by molar-refractivity contribution is -0.130. The summed E-state index contributed by atoms with van der Waals surface area (Å²) in [5, 5.41) is 24.7. The number of carbonyl (C=O) groups excluding carboxylic acids is 1. The molecule has 140 valence electrons. The summed E-state index contributed by atoms with van der Waals surface area (Å²) in [6.45, 7) is 4.56. The van der Waals surface area contributed by atoms with Gasteiger partial charge in [0.25, 0.3) is 0 Å². The van der Waals surface area contributed by atoms with Gasteiger partial charge in [-0.05, 0) is 25.1 Å². The zero-order valence-corrected chi connectivity index (χ0v) is 15.4. The monoisotopic (exact) mass is 359 g/mol. The Kier molecular flexibility index (Phi) is 5.24. The van der Waals surface area contributed by atoms with Crippen molar-refractivity contribution < 1.29 is 15.0 Å². The fraction of sp³-hybridized carbons (Fsp3) is 0.500. The van der Waals surface area contributed by atoms with Crippen molar-refractivity contribution >= 4 is 5.91 Å². The molecule has 0 saturated heterocycles. The number of aromatic hydroxyl groups is 1. The van der Waals surface area contributed by atoms with E-state index in [0.717, 1.165) is 17.9 Å². The predicted molar refractivity (Wildman–Crippen MR) is 95.3 cm³/mol. The van der Waals surface area contributed by atoms with Crippen molar-refractivity contribution in [2.45, 2.75) is 39.1 Å². The highest BCUT2D eigenvalue weighted by molar-refractivity contribution is 5.76. The first-order valence-electron chi connectivity index (χ1n) is 8.66. The number of amides is 1. The van der Waals surface area contributed by atoms with Crippen LogP contribution in [-0.2, 0) is 24.4 Å². The van der Waals surface area contributed by atoms with Crippen molar-refractivity contribution in [1.82, 2.24) is 24.6 Å². The number of fused-ring (bicyclic) bond motifs is 1. The average molecular weight is 359 g/mol. The van der Waals surface area contributed by atoms with Crippen molar-refractivity contribution in [3.8, 4) is 5.75 Å². The molecule has 2 aromatic heterocycles. The van der Waals surface area contributed by atoms with Gasteiger partial charge in [-0.15, -0.1) is 0 Å². The van der Waals surface area contributed by atoms with Crippen LogP contribution in [0.3, 0.4) is 0 Å². The van der Waals surface area contributed by atoms with E-state index in [9.17, 15) is 15.0 Å². The topological polar surface area (TPSA) is 94.7 Å². The summed E-state index contributed by atoms with van der Waals surface area (Å²) in [4.78, 5) is 19.8. The molecule has 2 N–H and O–H groups in total. The first kappa shape index (κ1) is 18.3. The van der Waals surface area contributed by atoms with E-state index in [0.29, 0.717) is 31.0 Å². The Morgan fingerprint density at radius 3 is 2.85 bits per heavy atom. The zero-order valence-electron chi connectivity index (χ0n) is 15.4. The first-order valence-corrected chi connectivity index (χ1v) is 8.66. The van der Waals surface area contributed by atoms with Gasteiger partial charge in [-0.1, -0.05) is 0 Å². The van der Waals surface area contributed by atoms with Crippen molar-refractivity contribution in [2.24, 2.45) is 0 Å². The molecule has 0 bridgehead atoms. The Morgan fingerprint density at radius 2 is 2.12 bits per heavy atom. The van der Waals surface area contributed by atoms with Gasteiger partial charge in [-0.25, -0.2) is 0 Å². The molecule has 0 spiro atoms. The third kappa shape index (κ3) is 4.03. The van der Waals surface area contributed by atoms with Gasteiger partial charge in [-0.2, -0.15) is 5.10 Å². The highest BCUT2D eigenvalue weighted by Gasteiger charge is 2.23. The molecular formula is C18H25N5O3. The molecule has 1 amide bonds. The maximum absolute atomic E-state index is 11.8. The standard InChI is InChI=1S/C18H25N5O3/c1-12-4-5-16(24)15(19-12)11-22-6-7-23-13(10-22)8-14(20-23)17(25)9-18(26)21(2)3/h4-5,8,17,24-25H,6-7,9-11H2,1-3H3/t17-/m1/s1. The van der Waals surface area contributed by atoms with Gasteiger partial charge in [0.15, 0.2) is 0 Å². The van der Waals surface area contributed by atoms with Crippen LogP contribution in [0, 0.1) is 6.92 Å². The molecule has 0 saturated carbocycles. The number of pyridine rings is 1. The van der Waals surface area contributed by atoms with E-state index in [-0.39, 0.29) is 18.1 Å². The molecule has 0 radical (unpaired) electrons. The maximum atomic E-state index is 11.8. The summed E-state index contributed by atoms with van der Waals surface area (Å²) < 4.78 is 1.87. The summed E-state index contributed by atoms with van der Waals surface area (Å²) in [5.41, 5.74) is 3.04. The van der Waals surface area contributed by atoms with Gasteiger partial charge in [0.2, 0.25) is 5.91 Å². The maximum Gasteiger partial charge on any atom is 0.225 e. The number of nitrogens with zero attached hydrogens (tertiary/aromatic N) is 5. The Bertz CT molecular complexity index is 802. The lowest BCUT2D eigenvalue weighted by Gasteiger charge is -2.27. The molecule has 8 nitrogen and oxygen atoms in total. The molecule has 0 unspecified atom stereocenters. The second-order valence-electron chi connectivity index (χ2n) is 6.92. The van der Waals surface area contributed by atoms with Gasteiger partial charge in [0, 0.05) is 39.4 Å². The van der Waals surface area contributed by atoms with Gasteiger partial charge in [0.1, 0.15) is 11.9 Å². The summed E-state index contributed by atoms with van der Waals surface area (Å²) in [7, 11) is 3.33. The number of aliphatic hydroxyl groups is 1.